The average molecular weight is 392 g/mol. The summed E-state index contributed by atoms with van der Waals surface area (Å²) in [6.07, 6.45) is 2.40. The van der Waals surface area contributed by atoms with Gasteiger partial charge in [-0.1, -0.05) is 6.92 Å². The van der Waals surface area contributed by atoms with Crippen LogP contribution in [0, 0.1) is 6.42 Å². The minimum absolute atomic E-state index is 0.0139. The van der Waals surface area contributed by atoms with Crippen LogP contribution in [0.25, 0.3) is 0 Å². The molecule has 27 heavy (non-hydrogen) atoms. The van der Waals surface area contributed by atoms with Crippen LogP contribution in [-0.2, 0) is 28.5 Å². The summed E-state index contributed by atoms with van der Waals surface area (Å²) < 4.78 is 28.3. The Morgan fingerprint density at radius 1 is 0.741 bits per heavy atom. The maximum Gasteiger partial charge on any atom is 0.303 e. The largest absolute Gasteiger partial charge is 0.481 e. The molecule has 1 radical (unpaired) electrons. The maximum atomic E-state index is 10.5. The Hall–Kier alpha value is -0.730. The van der Waals surface area contributed by atoms with Crippen LogP contribution in [-0.4, -0.2) is 74.6 Å². The summed E-state index contributed by atoms with van der Waals surface area (Å²) in [5, 5.41) is 8.66. The van der Waals surface area contributed by atoms with Crippen molar-refractivity contribution in [2.75, 3.05) is 33.0 Å². The molecule has 7 heteroatoms. The van der Waals surface area contributed by atoms with E-state index in [1.807, 2.05) is 48.0 Å². The van der Waals surface area contributed by atoms with Crippen LogP contribution >= 0.6 is 0 Å². The van der Waals surface area contributed by atoms with Gasteiger partial charge in [0.25, 0.3) is 0 Å². The van der Waals surface area contributed by atoms with Gasteiger partial charge < -0.3 is 28.8 Å². The minimum Gasteiger partial charge on any atom is -0.481 e. The highest BCUT2D eigenvalue weighted by atomic mass is 16.6. The maximum absolute atomic E-state index is 10.5. The standard InChI is InChI=1S/C20H39O7/c1-7-10-23-16(3)11-25-18(5)13-27-19(6)14-26-17(4)12-24-15(2)8-9-20(21)22/h7,15-19H,8-14H2,1-6H3,(H,21,22). The van der Waals surface area contributed by atoms with Gasteiger partial charge in [0.05, 0.1) is 56.9 Å². The van der Waals surface area contributed by atoms with Crippen molar-refractivity contribution in [2.24, 2.45) is 0 Å². The van der Waals surface area contributed by atoms with Gasteiger partial charge in [-0.3, -0.25) is 4.79 Å². The lowest BCUT2D eigenvalue weighted by atomic mass is 10.2. The normalized spacial score (nSPS) is 17.3. The van der Waals surface area contributed by atoms with Crippen molar-refractivity contribution in [1.29, 1.82) is 0 Å². The Morgan fingerprint density at radius 3 is 1.48 bits per heavy atom. The van der Waals surface area contributed by atoms with Crippen molar-refractivity contribution in [2.45, 2.75) is 84.9 Å². The van der Waals surface area contributed by atoms with Gasteiger partial charge in [-0.25, -0.2) is 0 Å². The zero-order valence-corrected chi connectivity index (χ0v) is 17.8. The van der Waals surface area contributed by atoms with Gasteiger partial charge in [-0.05, 0) is 47.5 Å². The molecule has 5 atom stereocenters. The first-order valence-corrected chi connectivity index (χ1v) is 9.82. The van der Waals surface area contributed by atoms with Crippen molar-refractivity contribution in [3.8, 4) is 0 Å². The highest BCUT2D eigenvalue weighted by Gasteiger charge is 2.13. The lowest BCUT2D eigenvalue weighted by Crippen LogP contribution is -2.28. The summed E-state index contributed by atoms with van der Waals surface area (Å²) in [5.41, 5.74) is 0. The molecule has 0 aromatic heterocycles. The number of ether oxygens (including phenoxy) is 5. The van der Waals surface area contributed by atoms with E-state index in [2.05, 4.69) is 0 Å². The second kappa shape index (κ2) is 16.2. The van der Waals surface area contributed by atoms with Crippen molar-refractivity contribution in [1.82, 2.24) is 0 Å². The Labute approximate surface area is 164 Å². The SMILES string of the molecule is C[CH]COC(C)COC(C)COC(C)COC(C)COC(C)CCC(=O)O. The summed E-state index contributed by atoms with van der Waals surface area (Å²) in [7, 11) is 0. The molecule has 0 aromatic carbocycles. The van der Waals surface area contributed by atoms with Crippen molar-refractivity contribution in [3.63, 3.8) is 0 Å². The predicted molar refractivity (Wildman–Crippen MR) is 104 cm³/mol. The van der Waals surface area contributed by atoms with E-state index in [4.69, 9.17) is 28.8 Å². The Morgan fingerprint density at radius 2 is 1.11 bits per heavy atom. The molecule has 0 saturated heterocycles. The average Bonchev–Trinajstić information content (AvgIpc) is 2.63. The van der Waals surface area contributed by atoms with Gasteiger partial charge in [0, 0.05) is 13.0 Å². The highest BCUT2D eigenvalue weighted by Crippen LogP contribution is 2.05. The molecule has 0 aliphatic heterocycles. The third-order valence-corrected chi connectivity index (χ3v) is 3.77. The molecule has 161 valence electrons. The van der Waals surface area contributed by atoms with Gasteiger partial charge >= 0.3 is 5.97 Å². The van der Waals surface area contributed by atoms with Gasteiger partial charge in [0.1, 0.15) is 0 Å². The molecule has 0 saturated carbocycles. The van der Waals surface area contributed by atoms with Gasteiger partial charge in [-0.2, -0.15) is 0 Å². The zero-order valence-electron chi connectivity index (χ0n) is 17.8. The minimum atomic E-state index is -0.805. The molecule has 0 aromatic rings. The fraction of sp³-hybridized carbons (Fsp3) is 0.900. The number of carbonyl (C=O) groups is 1. The molecule has 0 fully saturated rings. The molecule has 0 bridgehead atoms. The molecule has 0 amide bonds. The number of carboxylic acids is 1. The van der Waals surface area contributed by atoms with E-state index in [0.717, 1.165) is 0 Å². The third kappa shape index (κ3) is 17.1. The van der Waals surface area contributed by atoms with Gasteiger partial charge in [0.15, 0.2) is 0 Å². The summed E-state index contributed by atoms with van der Waals surface area (Å²) in [6.45, 7) is 14.2. The molecule has 0 aliphatic carbocycles. The predicted octanol–water partition coefficient (Wildman–Crippen LogP) is 3.10. The molecule has 0 spiro atoms. The number of rotatable bonds is 18. The van der Waals surface area contributed by atoms with Crippen LogP contribution in [0.5, 0.6) is 0 Å². The summed E-state index contributed by atoms with van der Waals surface area (Å²) in [5.74, 6) is -0.805. The fourth-order valence-corrected chi connectivity index (χ4v) is 2.06. The van der Waals surface area contributed by atoms with E-state index in [0.29, 0.717) is 39.5 Å². The Kier molecular flexibility index (Phi) is 15.8. The van der Waals surface area contributed by atoms with Gasteiger partial charge in [0.2, 0.25) is 0 Å². The molecule has 0 rings (SSSR count). The lowest BCUT2D eigenvalue weighted by molar-refractivity contribution is -0.138. The molecule has 7 nitrogen and oxygen atoms in total. The van der Waals surface area contributed by atoms with E-state index in [1.165, 1.54) is 0 Å². The molecule has 5 unspecified atom stereocenters. The monoisotopic (exact) mass is 391 g/mol. The van der Waals surface area contributed by atoms with Crippen LogP contribution in [0.2, 0.25) is 0 Å². The van der Waals surface area contributed by atoms with Crippen LogP contribution in [0.4, 0.5) is 0 Å². The first kappa shape index (κ1) is 26.3. The molecule has 1 N–H and O–H groups in total. The summed E-state index contributed by atoms with van der Waals surface area (Å²) in [4.78, 5) is 10.5. The van der Waals surface area contributed by atoms with Crippen molar-refractivity contribution >= 4 is 5.97 Å². The van der Waals surface area contributed by atoms with Crippen LogP contribution < -0.4 is 0 Å². The first-order valence-electron chi connectivity index (χ1n) is 9.82. The summed E-state index contributed by atoms with van der Waals surface area (Å²) >= 11 is 0. The zero-order chi connectivity index (χ0) is 20.7. The number of aliphatic carboxylic acids is 1. The van der Waals surface area contributed by atoms with E-state index >= 15 is 0 Å². The fourth-order valence-electron chi connectivity index (χ4n) is 2.06. The van der Waals surface area contributed by atoms with Crippen LogP contribution in [0.3, 0.4) is 0 Å². The molecule has 0 aliphatic rings. The number of hydrogen-bond donors (Lipinski definition) is 1. The van der Waals surface area contributed by atoms with E-state index in [1.54, 1.807) is 0 Å². The number of hydrogen-bond acceptors (Lipinski definition) is 6. The number of carboxylic acid groups (broad SMARTS) is 1. The van der Waals surface area contributed by atoms with Crippen LogP contribution in [0.15, 0.2) is 0 Å². The molecule has 0 heterocycles. The van der Waals surface area contributed by atoms with E-state index in [-0.39, 0.29) is 36.9 Å². The van der Waals surface area contributed by atoms with E-state index in [9.17, 15) is 4.79 Å². The Balaban J connectivity index is 3.73. The smallest absolute Gasteiger partial charge is 0.303 e. The second-order valence-corrected chi connectivity index (χ2v) is 7.06. The van der Waals surface area contributed by atoms with Crippen LogP contribution in [0.1, 0.15) is 54.4 Å². The second-order valence-electron chi connectivity index (χ2n) is 7.06. The first-order chi connectivity index (χ1) is 12.7. The topological polar surface area (TPSA) is 83.5 Å². The molecular weight excluding hydrogens is 352 g/mol. The quantitative estimate of drug-likeness (QED) is 0.384. The van der Waals surface area contributed by atoms with E-state index < -0.39 is 5.97 Å². The summed E-state index contributed by atoms with van der Waals surface area (Å²) in [6, 6.07) is 0. The van der Waals surface area contributed by atoms with Crippen molar-refractivity contribution in [3.05, 3.63) is 6.42 Å². The molecular formula is C20H39O7. The van der Waals surface area contributed by atoms with Gasteiger partial charge in [-0.15, -0.1) is 0 Å². The van der Waals surface area contributed by atoms with Crippen molar-refractivity contribution < 1.29 is 33.6 Å². The third-order valence-electron chi connectivity index (χ3n) is 3.77. The lowest BCUT2D eigenvalue weighted by Gasteiger charge is -2.22. The Bertz CT molecular complexity index is 364. The highest BCUT2D eigenvalue weighted by molar-refractivity contribution is 5.66.